The first-order chi connectivity index (χ1) is 5.55. The lowest BCUT2D eigenvalue weighted by Crippen LogP contribution is -2.08. The maximum Gasteiger partial charge on any atom is 0.416 e. The van der Waals surface area contributed by atoms with Gasteiger partial charge in [0.25, 0.3) is 0 Å². The Balaban J connectivity index is 3.14. The predicted octanol–water partition coefficient (Wildman–Crippen LogP) is 2.64. The average Bonchev–Trinajstić information content (AvgIpc) is 2.03. The Morgan fingerprint density at radius 1 is 1.17 bits per heavy atom. The van der Waals surface area contributed by atoms with Crippen LogP contribution in [-0.2, 0) is 17.9 Å². The summed E-state index contributed by atoms with van der Waals surface area (Å²) < 4.78 is 36.3. The van der Waals surface area contributed by atoms with Gasteiger partial charge in [-0.3, -0.25) is 0 Å². The van der Waals surface area contributed by atoms with Crippen molar-refractivity contribution in [3.63, 3.8) is 0 Å². The van der Waals surface area contributed by atoms with Crippen molar-refractivity contribution in [2.75, 3.05) is 0 Å². The first kappa shape index (κ1) is 9.06. The Hall–Kier alpha value is -1.03. The molecule has 0 bridgehead atoms. The lowest BCUT2D eigenvalue weighted by molar-refractivity contribution is -0.138. The molecule has 1 radical (unpaired) electrons. The van der Waals surface area contributed by atoms with Gasteiger partial charge < -0.3 is 0 Å². The summed E-state index contributed by atoms with van der Waals surface area (Å²) >= 11 is 0. The Morgan fingerprint density at radius 2 is 1.75 bits per heavy atom. The van der Waals surface area contributed by atoms with Crippen molar-refractivity contribution in [2.24, 2.45) is 0 Å². The maximum atomic E-state index is 12.1. The molecule has 4 heteroatoms. The second kappa shape index (κ2) is 3.15. The molecule has 65 valence electrons. The van der Waals surface area contributed by atoms with E-state index >= 15 is 0 Å². The standard InChI is InChI=1S/C8H6F3O/c9-8(10,11)7-4-2-1-3-6(7)5-12/h1-4H,5H2. The molecular weight excluding hydrogens is 169 g/mol. The van der Waals surface area contributed by atoms with Crippen LogP contribution in [0.25, 0.3) is 0 Å². The van der Waals surface area contributed by atoms with Gasteiger partial charge in [-0.2, -0.15) is 13.2 Å². The molecule has 0 saturated carbocycles. The summed E-state index contributed by atoms with van der Waals surface area (Å²) in [7, 11) is 0. The molecule has 12 heavy (non-hydrogen) atoms. The zero-order valence-corrected chi connectivity index (χ0v) is 6.06. The smallest absolute Gasteiger partial charge is 0.232 e. The van der Waals surface area contributed by atoms with Crippen LogP contribution in [0.5, 0.6) is 0 Å². The maximum absolute atomic E-state index is 12.1. The van der Waals surface area contributed by atoms with Gasteiger partial charge in [0.15, 0.2) is 0 Å². The van der Waals surface area contributed by atoms with Crippen LogP contribution in [0.3, 0.4) is 0 Å². The van der Waals surface area contributed by atoms with Crippen molar-refractivity contribution in [2.45, 2.75) is 12.8 Å². The summed E-state index contributed by atoms with van der Waals surface area (Å²) in [5.74, 6) is 0. The highest BCUT2D eigenvalue weighted by molar-refractivity contribution is 5.28. The molecule has 0 aliphatic carbocycles. The minimum Gasteiger partial charge on any atom is -0.232 e. The van der Waals surface area contributed by atoms with Gasteiger partial charge in [-0.25, -0.2) is 5.11 Å². The summed E-state index contributed by atoms with van der Waals surface area (Å²) in [6.07, 6.45) is -4.42. The minimum atomic E-state index is -4.42. The van der Waals surface area contributed by atoms with E-state index in [-0.39, 0.29) is 5.56 Å². The van der Waals surface area contributed by atoms with E-state index in [9.17, 15) is 18.3 Å². The molecule has 0 fully saturated rings. The minimum absolute atomic E-state index is 0.204. The molecule has 1 aromatic carbocycles. The number of halogens is 3. The first-order valence-corrected chi connectivity index (χ1v) is 3.29. The zero-order chi connectivity index (χ0) is 9.19. The molecule has 0 saturated heterocycles. The van der Waals surface area contributed by atoms with Crippen molar-refractivity contribution in [1.29, 1.82) is 0 Å². The highest BCUT2D eigenvalue weighted by Crippen LogP contribution is 2.31. The molecule has 0 amide bonds. The highest BCUT2D eigenvalue weighted by atomic mass is 19.4. The molecule has 0 unspecified atom stereocenters. The van der Waals surface area contributed by atoms with Crippen molar-refractivity contribution in [3.05, 3.63) is 35.4 Å². The first-order valence-electron chi connectivity index (χ1n) is 3.29. The van der Waals surface area contributed by atoms with Gasteiger partial charge in [-0.05, 0) is 11.6 Å². The summed E-state index contributed by atoms with van der Waals surface area (Å²) in [6.45, 7) is -0.838. The van der Waals surface area contributed by atoms with Crippen LogP contribution >= 0.6 is 0 Å². The van der Waals surface area contributed by atoms with E-state index in [1.54, 1.807) is 0 Å². The van der Waals surface area contributed by atoms with E-state index in [0.29, 0.717) is 0 Å². The van der Waals surface area contributed by atoms with Crippen LogP contribution in [0.2, 0.25) is 0 Å². The van der Waals surface area contributed by atoms with Crippen LogP contribution in [0.1, 0.15) is 11.1 Å². The fraction of sp³-hybridized carbons (Fsp3) is 0.250. The van der Waals surface area contributed by atoms with Crippen LogP contribution in [0.15, 0.2) is 24.3 Å². The van der Waals surface area contributed by atoms with Gasteiger partial charge >= 0.3 is 6.18 Å². The van der Waals surface area contributed by atoms with Crippen molar-refractivity contribution >= 4 is 0 Å². The fourth-order valence-electron chi connectivity index (χ4n) is 0.923. The van der Waals surface area contributed by atoms with E-state index < -0.39 is 18.3 Å². The van der Waals surface area contributed by atoms with Gasteiger partial charge in [-0.1, -0.05) is 18.2 Å². The summed E-state index contributed by atoms with van der Waals surface area (Å²) in [4.78, 5) is 0. The van der Waals surface area contributed by atoms with E-state index in [4.69, 9.17) is 0 Å². The number of alkyl halides is 3. The quantitative estimate of drug-likeness (QED) is 0.625. The molecule has 1 nitrogen and oxygen atoms in total. The lowest BCUT2D eigenvalue weighted by atomic mass is 10.1. The Labute approximate surface area is 67.5 Å². The molecule has 0 aliphatic rings. The molecule has 0 aliphatic heterocycles. The monoisotopic (exact) mass is 175 g/mol. The van der Waals surface area contributed by atoms with Gasteiger partial charge in [0.2, 0.25) is 0 Å². The van der Waals surface area contributed by atoms with Crippen molar-refractivity contribution in [1.82, 2.24) is 0 Å². The molecular formula is C8H6F3O. The van der Waals surface area contributed by atoms with Crippen LogP contribution in [0, 0.1) is 0 Å². The van der Waals surface area contributed by atoms with Gasteiger partial charge in [-0.15, -0.1) is 0 Å². The number of benzene rings is 1. The molecule has 0 aromatic heterocycles. The third-order valence-electron chi connectivity index (χ3n) is 1.48. The highest BCUT2D eigenvalue weighted by Gasteiger charge is 2.32. The normalized spacial score (nSPS) is 11.7. The molecule has 0 heterocycles. The molecule has 0 N–H and O–H groups in total. The second-order valence-electron chi connectivity index (χ2n) is 2.30. The molecule has 1 rings (SSSR count). The Morgan fingerprint density at radius 3 is 2.17 bits per heavy atom. The van der Waals surface area contributed by atoms with E-state index in [0.717, 1.165) is 6.07 Å². The number of hydrogen-bond donors (Lipinski definition) is 0. The zero-order valence-electron chi connectivity index (χ0n) is 6.06. The van der Waals surface area contributed by atoms with Gasteiger partial charge in [0.05, 0.1) is 5.56 Å². The molecule has 1 aromatic rings. The van der Waals surface area contributed by atoms with E-state index in [2.05, 4.69) is 0 Å². The van der Waals surface area contributed by atoms with Crippen molar-refractivity contribution < 1.29 is 18.3 Å². The summed E-state index contributed by atoms with van der Waals surface area (Å²) in [5, 5.41) is 10.3. The molecule has 0 atom stereocenters. The SMILES string of the molecule is [O]Cc1ccccc1C(F)(F)F. The predicted molar refractivity (Wildman–Crippen MR) is 35.8 cm³/mol. The van der Waals surface area contributed by atoms with Crippen molar-refractivity contribution in [3.8, 4) is 0 Å². The number of rotatable bonds is 1. The van der Waals surface area contributed by atoms with E-state index in [1.807, 2.05) is 0 Å². The summed E-state index contributed by atoms with van der Waals surface area (Å²) in [6, 6.07) is 4.79. The Kier molecular flexibility index (Phi) is 2.38. The molecule has 0 spiro atoms. The fourth-order valence-corrected chi connectivity index (χ4v) is 0.923. The third kappa shape index (κ3) is 1.76. The third-order valence-corrected chi connectivity index (χ3v) is 1.48. The van der Waals surface area contributed by atoms with Gasteiger partial charge in [0.1, 0.15) is 6.61 Å². The van der Waals surface area contributed by atoms with Crippen LogP contribution in [0.4, 0.5) is 13.2 Å². The second-order valence-corrected chi connectivity index (χ2v) is 2.30. The number of hydrogen-bond acceptors (Lipinski definition) is 0. The Bertz CT molecular complexity index is 267. The topological polar surface area (TPSA) is 19.9 Å². The summed E-state index contributed by atoms with van der Waals surface area (Å²) in [5.41, 5.74) is -1.04. The largest absolute Gasteiger partial charge is 0.416 e. The average molecular weight is 175 g/mol. The van der Waals surface area contributed by atoms with E-state index in [1.165, 1.54) is 18.2 Å². The lowest BCUT2D eigenvalue weighted by Gasteiger charge is -2.09. The van der Waals surface area contributed by atoms with Crippen LogP contribution in [-0.4, -0.2) is 0 Å². The van der Waals surface area contributed by atoms with Gasteiger partial charge in [0, 0.05) is 0 Å². The van der Waals surface area contributed by atoms with Crippen LogP contribution < -0.4 is 0 Å².